The Morgan fingerprint density at radius 3 is 1.70 bits per heavy atom. The fourth-order valence-corrected chi connectivity index (χ4v) is 2.35. The molecule has 0 rings (SSSR count). The van der Waals surface area contributed by atoms with E-state index in [1.807, 2.05) is 0 Å². The molecule has 2 nitrogen and oxygen atoms in total. The van der Waals surface area contributed by atoms with Crippen molar-refractivity contribution in [1.29, 1.82) is 0 Å². The molecule has 0 saturated heterocycles. The topological polar surface area (TPSA) is 37.3 Å². The molecule has 0 aromatic carbocycles. The van der Waals surface area contributed by atoms with Crippen LogP contribution >= 0.6 is 0 Å². The third-order valence-electron chi connectivity index (χ3n) is 3.65. The number of hydrogen-bond acceptors (Lipinski definition) is 1. The minimum atomic E-state index is -0.664. The van der Waals surface area contributed by atoms with E-state index in [2.05, 4.69) is 19.1 Å². The fraction of sp³-hybridized carbons (Fsp3) is 0.833. The Hall–Kier alpha value is -0.790. The zero-order valence-corrected chi connectivity index (χ0v) is 13.4. The van der Waals surface area contributed by atoms with Crippen LogP contribution in [0.5, 0.6) is 0 Å². The molecule has 118 valence electrons. The van der Waals surface area contributed by atoms with Gasteiger partial charge >= 0.3 is 5.97 Å². The van der Waals surface area contributed by atoms with Gasteiger partial charge in [-0.2, -0.15) is 0 Å². The number of rotatable bonds is 15. The monoisotopic (exact) mass is 291 g/mol. The van der Waals surface area contributed by atoms with Crippen molar-refractivity contribution in [3.8, 4) is 0 Å². The van der Waals surface area contributed by atoms with Crippen LogP contribution in [0.1, 0.15) is 96.8 Å². The Morgan fingerprint density at radius 2 is 1.20 bits per heavy atom. The molecule has 0 aromatic heterocycles. The van der Waals surface area contributed by atoms with Gasteiger partial charge in [0.1, 0.15) is 0 Å². The number of hydrogen-bond donors (Lipinski definition) is 1. The summed E-state index contributed by atoms with van der Waals surface area (Å²) in [6.45, 7) is 2.26. The Morgan fingerprint density at radius 1 is 0.750 bits per heavy atom. The third kappa shape index (κ3) is 17.2. The summed E-state index contributed by atoms with van der Waals surface area (Å²) in [5.41, 5.74) is 0. The lowest BCUT2D eigenvalue weighted by Crippen LogP contribution is -1.93. The normalized spacial score (nSPS) is 11.2. The molecular weight excluding hydrogens is 257 g/mol. The quantitative estimate of drug-likeness (QED) is 0.224. The Bertz CT molecular complexity index is 234. The highest BCUT2D eigenvalue weighted by Crippen LogP contribution is 2.09. The van der Waals surface area contributed by atoms with E-state index in [-0.39, 0.29) is 0 Å². The number of carboxylic acids is 1. The maximum absolute atomic E-state index is 10.3. The summed E-state index contributed by atoms with van der Waals surface area (Å²) in [5.74, 6) is -0.664. The molecule has 0 aliphatic rings. The van der Waals surface area contributed by atoms with Crippen LogP contribution in [0, 0.1) is 0 Å². The van der Waals surface area contributed by atoms with Gasteiger partial charge in [-0.3, -0.25) is 4.79 Å². The first-order valence-electron chi connectivity index (χ1n) is 8.64. The van der Waals surface area contributed by atoms with Gasteiger partial charge in [-0.1, -0.05) is 70.4 Å². The highest BCUT2D eigenvalue weighted by Gasteiger charge is 1.95. The van der Waals surface area contributed by atoms with Gasteiger partial charge in [0.15, 0.2) is 0 Å². The summed E-state index contributed by atoms with van der Waals surface area (Å²) in [6, 6.07) is 0. The smallest absolute Gasteiger partial charge is 0.303 e. The van der Waals surface area contributed by atoms with Crippen molar-refractivity contribution in [3.63, 3.8) is 0 Å². The maximum atomic E-state index is 10.3. The van der Waals surface area contributed by atoms with E-state index in [1.54, 1.807) is 0 Å². The zero-order chi connectivity index (χ0) is 14.9. The molecule has 0 atom stereocenters. The predicted molar refractivity (Wildman–Crippen MR) is 87.1 cm³/mol. The lowest BCUT2D eigenvalue weighted by molar-refractivity contribution is -0.137. The summed E-state index contributed by atoms with van der Waals surface area (Å²) in [5, 5.41) is 8.51. The molecule has 0 fully saturated rings. The zero-order valence-electron chi connectivity index (χ0n) is 13.4. The van der Waals surface area contributed by atoms with Gasteiger partial charge in [0.05, 0.1) is 0 Å². The molecule has 2 heteroatoms. The largest absolute Gasteiger partial charge is 0.481 e. The van der Waals surface area contributed by atoms with E-state index >= 15 is 0 Å². The average Bonchev–Trinajstić information content (AvgIpc) is 2.43. The number of unbranched alkanes of at least 4 members (excludes halogenated alkanes) is 11. The molecule has 20 heavy (non-hydrogen) atoms. The second-order valence-corrected chi connectivity index (χ2v) is 5.73. The first kappa shape index (κ1) is 19.2. The van der Waals surface area contributed by atoms with Crippen LogP contribution in [0.15, 0.2) is 12.2 Å². The van der Waals surface area contributed by atoms with Gasteiger partial charge in [-0.15, -0.1) is 0 Å². The number of carboxylic acid groups (broad SMARTS) is 1. The lowest BCUT2D eigenvalue weighted by atomic mass is 10.5. The van der Waals surface area contributed by atoms with Gasteiger partial charge in [-0.05, 0) is 32.1 Å². The van der Waals surface area contributed by atoms with Gasteiger partial charge < -0.3 is 5.11 Å². The van der Waals surface area contributed by atoms with E-state index in [1.165, 1.54) is 70.6 Å². The molecule has 0 radical (unpaired) electrons. The van der Waals surface area contributed by atoms with Crippen molar-refractivity contribution in [2.45, 2.75) is 96.8 Å². The van der Waals surface area contributed by atoms with Crippen LogP contribution in [0.4, 0.5) is 0 Å². The molecule has 0 unspecified atom stereocenters. The second kappa shape index (κ2) is 16.3. The number of aliphatic carboxylic acids is 1. The maximum Gasteiger partial charge on any atom is 0.303 e. The van der Waals surface area contributed by atoms with E-state index in [0.717, 1.165) is 12.8 Å². The fourth-order valence-electron chi connectivity index (χ4n) is 2.35. The van der Waals surface area contributed by atoms with E-state index in [4.69, 9.17) is 5.11 Å². The van der Waals surface area contributed by atoms with Crippen molar-refractivity contribution in [2.24, 2.45) is 0 Å². The summed E-state index contributed by atoms with van der Waals surface area (Å²) in [7, 11) is 0. The molecule has 0 amide bonds. The van der Waals surface area contributed by atoms with Crippen LogP contribution in [-0.4, -0.2) is 11.1 Å². The molecule has 0 aliphatic carbocycles. The molecule has 0 spiro atoms. The molecule has 0 bridgehead atoms. The first-order chi connectivity index (χ1) is 9.77. The number of allylic oxidation sites excluding steroid dienone is 2. The molecule has 0 aromatic rings. The van der Waals surface area contributed by atoms with Crippen molar-refractivity contribution >= 4 is 5.97 Å². The lowest BCUT2D eigenvalue weighted by Gasteiger charge is -1.99. The van der Waals surface area contributed by atoms with E-state index in [0.29, 0.717) is 6.42 Å². The molecule has 0 heterocycles. The average molecular weight is 291 g/mol. The van der Waals surface area contributed by atoms with Crippen LogP contribution in [-0.2, 0) is 4.79 Å². The summed E-state index contributed by atoms with van der Waals surface area (Å²) < 4.78 is 0. The highest BCUT2D eigenvalue weighted by molar-refractivity contribution is 5.66. The molecule has 0 saturated carbocycles. The second-order valence-electron chi connectivity index (χ2n) is 5.73. The van der Waals surface area contributed by atoms with Crippen LogP contribution < -0.4 is 0 Å². The first-order valence-corrected chi connectivity index (χ1v) is 8.64. The van der Waals surface area contributed by atoms with Crippen molar-refractivity contribution in [1.82, 2.24) is 0 Å². The van der Waals surface area contributed by atoms with E-state index < -0.39 is 5.97 Å². The molecular formula is C18H34O2. The highest BCUT2D eigenvalue weighted by atomic mass is 16.4. The van der Waals surface area contributed by atoms with Gasteiger partial charge in [0, 0.05) is 6.42 Å². The van der Waals surface area contributed by atoms with Crippen molar-refractivity contribution < 1.29 is 9.90 Å². The minimum Gasteiger partial charge on any atom is -0.481 e. The third-order valence-corrected chi connectivity index (χ3v) is 3.65. The Labute approximate surface area is 125 Å². The summed E-state index contributed by atoms with van der Waals surface area (Å²) in [6.07, 6.45) is 21.2. The van der Waals surface area contributed by atoms with Gasteiger partial charge in [0.25, 0.3) is 0 Å². The van der Waals surface area contributed by atoms with Gasteiger partial charge in [-0.25, -0.2) is 0 Å². The van der Waals surface area contributed by atoms with Crippen LogP contribution in [0.3, 0.4) is 0 Å². The standard InChI is InChI=1S/C18H34O2/c1-2-3-4-5-6-7-8-9-10-11-12-13-14-15-16-17-18(19)20/h9-10H,2-8,11-17H2,1H3,(H,19,20)/b10-9+/i1+1,3+1,5+1,7+1,9+1,11+1,13+1,15+1,17+1. The molecule has 0 aliphatic heterocycles. The van der Waals surface area contributed by atoms with Crippen molar-refractivity contribution in [3.05, 3.63) is 12.2 Å². The van der Waals surface area contributed by atoms with E-state index in [9.17, 15) is 4.79 Å². The van der Waals surface area contributed by atoms with Crippen LogP contribution in [0.25, 0.3) is 0 Å². The summed E-state index contributed by atoms with van der Waals surface area (Å²) in [4.78, 5) is 10.3. The van der Waals surface area contributed by atoms with Crippen LogP contribution in [0.2, 0.25) is 0 Å². The summed E-state index contributed by atoms with van der Waals surface area (Å²) >= 11 is 0. The SMILES string of the molecule is [13CH3]C[13CH2]C[13CH2]C[13CH2]C/[13CH]=C/[13CH2]C[13CH2]C[13CH2]C[13CH2]C(=O)O. The Kier molecular flexibility index (Phi) is 15.6. The predicted octanol–water partition coefficient (Wildman–Crippen LogP) is 6.11. The Balaban J connectivity index is 3.07. The number of carbonyl (C=O) groups is 1. The van der Waals surface area contributed by atoms with Crippen molar-refractivity contribution in [2.75, 3.05) is 0 Å². The molecule has 1 N–H and O–H groups in total. The minimum absolute atomic E-state index is 0.332. The van der Waals surface area contributed by atoms with Gasteiger partial charge in [0.2, 0.25) is 0 Å².